The molecule has 0 nitrogen and oxygen atoms in total. The Balaban J connectivity index is 1.08. The van der Waals surface area contributed by atoms with Crippen molar-refractivity contribution in [3.8, 4) is 55.6 Å². The van der Waals surface area contributed by atoms with Crippen LogP contribution in [0.25, 0.3) is 75.8 Å². The van der Waals surface area contributed by atoms with Crippen molar-refractivity contribution in [2.75, 3.05) is 0 Å². The molecule has 8 aromatic rings. The lowest BCUT2D eigenvalue weighted by atomic mass is 9.43. The van der Waals surface area contributed by atoms with Gasteiger partial charge in [-0.25, -0.2) is 0 Å². The van der Waals surface area contributed by atoms with Gasteiger partial charge in [0.2, 0.25) is 0 Å². The second-order valence-electron chi connectivity index (χ2n) is 16.5. The molecule has 0 radical (unpaired) electrons. The van der Waals surface area contributed by atoms with Gasteiger partial charge in [-0.05, 0) is 141 Å². The van der Waals surface area contributed by atoms with Crippen LogP contribution in [0.5, 0.6) is 0 Å². The van der Waals surface area contributed by atoms with Gasteiger partial charge in [-0.1, -0.05) is 133 Å². The number of fused-ring (bicyclic) bond motifs is 6. The van der Waals surface area contributed by atoms with Gasteiger partial charge in [0, 0.05) is 31.2 Å². The molecule has 5 aliphatic carbocycles. The van der Waals surface area contributed by atoms with Crippen LogP contribution in [0.4, 0.5) is 0 Å². The Bertz CT molecular complexity index is 2700. The molecule has 5 aliphatic rings. The third-order valence-corrected chi connectivity index (χ3v) is 15.1. The maximum absolute atomic E-state index is 2.70. The predicted octanol–water partition coefficient (Wildman–Crippen LogP) is 14.4. The minimum absolute atomic E-state index is 0.133. The number of thiophene rings is 1. The molecule has 254 valence electrons. The molecule has 4 bridgehead atoms. The summed E-state index contributed by atoms with van der Waals surface area (Å²) in [7, 11) is 0. The van der Waals surface area contributed by atoms with Crippen LogP contribution in [0.2, 0.25) is 0 Å². The van der Waals surface area contributed by atoms with Crippen LogP contribution in [-0.2, 0) is 5.41 Å². The van der Waals surface area contributed by atoms with Gasteiger partial charge in [0.15, 0.2) is 0 Å². The SMILES string of the molecule is c1ccc(-c2cccc(-c3ccc(-c4cc5c(cc4-c4cccc6c4sc4ccccc46)-c4ccccc4C54C5CC6CC(C5)CC4C6)cc3)c2)cc1. The molecular formula is C52H40S. The molecule has 4 fully saturated rings. The van der Waals surface area contributed by atoms with Gasteiger partial charge in [-0.15, -0.1) is 11.3 Å². The Labute approximate surface area is 315 Å². The molecule has 4 saturated carbocycles. The number of hydrogen-bond donors (Lipinski definition) is 0. The Morgan fingerprint density at radius 3 is 1.77 bits per heavy atom. The second-order valence-corrected chi connectivity index (χ2v) is 17.5. The normalized spacial score (nSPS) is 23.5. The summed E-state index contributed by atoms with van der Waals surface area (Å²) in [5, 5.41) is 2.72. The summed E-state index contributed by atoms with van der Waals surface area (Å²) in [6.45, 7) is 0. The first-order valence-electron chi connectivity index (χ1n) is 19.7. The third kappa shape index (κ3) is 4.35. The van der Waals surface area contributed by atoms with Crippen LogP contribution < -0.4 is 0 Å². The van der Waals surface area contributed by atoms with Gasteiger partial charge in [0.05, 0.1) is 0 Å². The van der Waals surface area contributed by atoms with Crippen LogP contribution in [0.15, 0.2) is 158 Å². The second kappa shape index (κ2) is 11.4. The standard InChI is InChI=1S/C52H40S/c1-2-10-34(11-3-1)37-12-8-13-38(29-37)35-20-22-36(23-21-35)45-31-49-47(30-46(45)44-17-9-16-43-42-15-5-7-19-50(42)53-51(43)44)41-14-4-6-18-48(41)52(49)39-25-32-24-33(27-39)28-40(52)26-32/h1-23,29-33,39-40H,24-28H2. The molecule has 0 amide bonds. The quantitative estimate of drug-likeness (QED) is 0.172. The summed E-state index contributed by atoms with van der Waals surface area (Å²) in [6.07, 6.45) is 7.07. The largest absolute Gasteiger partial charge is 0.135 e. The van der Waals surface area contributed by atoms with Gasteiger partial charge in [0.1, 0.15) is 0 Å². The molecule has 0 atom stereocenters. The molecule has 0 N–H and O–H groups in total. The van der Waals surface area contributed by atoms with E-state index < -0.39 is 0 Å². The summed E-state index contributed by atoms with van der Waals surface area (Å²) < 4.78 is 2.75. The summed E-state index contributed by atoms with van der Waals surface area (Å²) >= 11 is 1.95. The lowest BCUT2D eigenvalue weighted by Gasteiger charge is -2.61. The molecule has 1 spiro atoms. The van der Waals surface area contributed by atoms with Gasteiger partial charge in [0.25, 0.3) is 0 Å². The van der Waals surface area contributed by atoms with Crippen molar-refractivity contribution in [2.45, 2.75) is 37.5 Å². The highest BCUT2D eigenvalue weighted by molar-refractivity contribution is 7.26. The van der Waals surface area contributed by atoms with E-state index in [9.17, 15) is 0 Å². The average Bonchev–Trinajstić information content (AvgIpc) is 3.73. The summed E-state index contributed by atoms with van der Waals surface area (Å²) in [4.78, 5) is 0. The molecule has 1 aromatic heterocycles. The predicted molar refractivity (Wildman–Crippen MR) is 224 cm³/mol. The highest BCUT2D eigenvalue weighted by atomic mass is 32.1. The number of rotatable bonds is 4. The van der Waals surface area contributed by atoms with E-state index in [1.807, 2.05) is 11.3 Å². The van der Waals surface area contributed by atoms with Gasteiger partial charge >= 0.3 is 0 Å². The van der Waals surface area contributed by atoms with Crippen molar-refractivity contribution in [1.82, 2.24) is 0 Å². The van der Waals surface area contributed by atoms with E-state index in [0.717, 1.165) is 23.7 Å². The molecule has 7 aromatic carbocycles. The van der Waals surface area contributed by atoms with E-state index in [1.54, 1.807) is 11.1 Å². The fourth-order valence-corrected chi connectivity index (χ4v) is 13.2. The zero-order valence-electron chi connectivity index (χ0n) is 29.8. The highest BCUT2D eigenvalue weighted by Gasteiger charge is 2.61. The molecular weight excluding hydrogens is 657 g/mol. The lowest BCUT2D eigenvalue weighted by molar-refractivity contribution is -0.0399. The zero-order chi connectivity index (χ0) is 34.7. The first-order chi connectivity index (χ1) is 26.2. The maximum atomic E-state index is 2.70. The van der Waals surface area contributed by atoms with Crippen molar-refractivity contribution in [3.63, 3.8) is 0 Å². The molecule has 0 saturated heterocycles. The van der Waals surface area contributed by atoms with Gasteiger partial charge in [-0.2, -0.15) is 0 Å². The zero-order valence-corrected chi connectivity index (χ0v) is 30.6. The lowest BCUT2D eigenvalue weighted by Crippen LogP contribution is -2.55. The van der Waals surface area contributed by atoms with E-state index in [1.165, 1.54) is 108 Å². The summed E-state index contributed by atoms with van der Waals surface area (Å²) in [6, 6.07) is 60.0. The van der Waals surface area contributed by atoms with Crippen molar-refractivity contribution in [2.24, 2.45) is 23.7 Å². The molecule has 0 unspecified atom stereocenters. The third-order valence-electron chi connectivity index (χ3n) is 13.9. The van der Waals surface area contributed by atoms with Crippen LogP contribution >= 0.6 is 11.3 Å². The Morgan fingerprint density at radius 2 is 0.981 bits per heavy atom. The first-order valence-corrected chi connectivity index (χ1v) is 20.5. The Morgan fingerprint density at radius 1 is 0.377 bits per heavy atom. The maximum Gasteiger partial charge on any atom is 0.0434 e. The molecule has 13 rings (SSSR count). The topological polar surface area (TPSA) is 0 Å². The van der Waals surface area contributed by atoms with Crippen molar-refractivity contribution < 1.29 is 0 Å². The van der Waals surface area contributed by atoms with Crippen molar-refractivity contribution >= 4 is 31.5 Å². The average molecular weight is 697 g/mol. The molecule has 0 aliphatic heterocycles. The number of benzene rings is 7. The highest BCUT2D eigenvalue weighted by Crippen LogP contribution is 2.70. The van der Waals surface area contributed by atoms with E-state index in [0.29, 0.717) is 0 Å². The van der Waals surface area contributed by atoms with Gasteiger partial charge < -0.3 is 0 Å². The first kappa shape index (κ1) is 30.2. The van der Waals surface area contributed by atoms with Crippen LogP contribution in [0.1, 0.15) is 43.2 Å². The Hall–Kier alpha value is -5.24. The van der Waals surface area contributed by atoms with E-state index in [4.69, 9.17) is 0 Å². The molecule has 53 heavy (non-hydrogen) atoms. The van der Waals surface area contributed by atoms with Crippen LogP contribution in [0.3, 0.4) is 0 Å². The Kier molecular flexibility index (Phi) is 6.49. The smallest absolute Gasteiger partial charge is 0.0434 e. The van der Waals surface area contributed by atoms with Crippen LogP contribution in [0, 0.1) is 23.7 Å². The summed E-state index contributed by atoms with van der Waals surface area (Å²) in [5.41, 5.74) is 16.8. The fraction of sp³-hybridized carbons (Fsp3) is 0.192. The fourth-order valence-electron chi connectivity index (χ4n) is 12.0. The van der Waals surface area contributed by atoms with E-state index >= 15 is 0 Å². The molecule has 1 heterocycles. The number of hydrogen-bond acceptors (Lipinski definition) is 1. The van der Waals surface area contributed by atoms with E-state index in [-0.39, 0.29) is 5.41 Å². The summed E-state index contributed by atoms with van der Waals surface area (Å²) in [5.74, 6) is 3.34. The van der Waals surface area contributed by atoms with Gasteiger partial charge in [-0.3, -0.25) is 0 Å². The molecule has 1 heteroatoms. The van der Waals surface area contributed by atoms with Crippen LogP contribution in [-0.4, -0.2) is 0 Å². The minimum Gasteiger partial charge on any atom is -0.135 e. The van der Waals surface area contributed by atoms with Crippen molar-refractivity contribution in [3.05, 3.63) is 169 Å². The minimum atomic E-state index is 0.133. The van der Waals surface area contributed by atoms with Crippen molar-refractivity contribution in [1.29, 1.82) is 0 Å². The van der Waals surface area contributed by atoms with E-state index in [2.05, 4.69) is 158 Å². The monoisotopic (exact) mass is 696 g/mol.